The number of carbonyl (C=O) groups excluding carboxylic acids is 1. The van der Waals surface area contributed by atoms with E-state index in [2.05, 4.69) is 10.3 Å². The summed E-state index contributed by atoms with van der Waals surface area (Å²) in [5.74, 6) is -1.56. The molecule has 2 aromatic carbocycles. The predicted molar refractivity (Wildman–Crippen MR) is 104 cm³/mol. The lowest BCUT2D eigenvalue weighted by molar-refractivity contribution is -0.116. The monoisotopic (exact) mass is 400 g/mol. The van der Waals surface area contributed by atoms with E-state index in [0.29, 0.717) is 10.7 Å². The van der Waals surface area contributed by atoms with E-state index >= 15 is 0 Å². The van der Waals surface area contributed by atoms with Gasteiger partial charge in [-0.05, 0) is 36.4 Å². The summed E-state index contributed by atoms with van der Waals surface area (Å²) in [6.07, 6.45) is 0. The fourth-order valence-electron chi connectivity index (χ4n) is 2.37. The van der Waals surface area contributed by atoms with E-state index in [1.165, 1.54) is 49.7 Å². The molecule has 138 valence electrons. The molecule has 1 aromatic heterocycles. The second-order valence-corrected chi connectivity index (χ2v) is 9.10. The number of sulfonamides is 1. The van der Waals surface area contributed by atoms with Crippen molar-refractivity contribution in [3.8, 4) is 6.07 Å². The largest absolute Gasteiger partial charge is 0.325 e. The Labute approximate surface area is 160 Å². The molecule has 3 rings (SSSR count). The molecule has 0 spiro atoms. The average molecular weight is 400 g/mol. The lowest BCUT2D eigenvalue weighted by Crippen LogP contribution is -2.22. The van der Waals surface area contributed by atoms with Crippen molar-refractivity contribution in [2.45, 2.75) is 10.8 Å². The topological polar surface area (TPSA) is 103 Å². The molecule has 0 unspecified atom stereocenters. The molecule has 0 aliphatic carbocycles. The minimum Gasteiger partial charge on any atom is -0.325 e. The zero-order chi connectivity index (χ0) is 19.6. The minimum atomic E-state index is -3.54. The van der Waals surface area contributed by atoms with Gasteiger partial charge in [0.1, 0.15) is 5.01 Å². The van der Waals surface area contributed by atoms with E-state index in [1.807, 2.05) is 30.3 Å². The second-order valence-electron chi connectivity index (χ2n) is 5.88. The highest BCUT2D eigenvalue weighted by Gasteiger charge is 2.24. The lowest BCUT2D eigenvalue weighted by atomic mass is 10.1. The predicted octanol–water partition coefficient (Wildman–Crippen LogP) is 2.79. The Bertz CT molecular complexity index is 1100. The highest BCUT2D eigenvalue weighted by molar-refractivity contribution is 7.89. The smallest absolute Gasteiger partial charge is 0.248 e. The molecule has 0 aliphatic heterocycles. The van der Waals surface area contributed by atoms with Crippen molar-refractivity contribution in [2.24, 2.45) is 0 Å². The Morgan fingerprint density at radius 1 is 1.19 bits per heavy atom. The molecule has 0 radical (unpaired) electrons. The third kappa shape index (κ3) is 3.83. The summed E-state index contributed by atoms with van der Waals surface area (Å²) in [5, 5.41) is 12.5. The van der Waals surface area contributed by atoms with Crippen LogP contribution in [0.25, 0.3) is 10.2 Å². The number of amides is 1. The number of carbonyl (C=O) groups is 1. The van der Waals surface area contributed by atoms with E-state index in [0.717, 1.165) is 14.5 Å². The zero-order valence-electron chi connectivity index (χ0n) is 14.6. The number of rotatable bonds is 5. The van der Waals surface area contributed by atoms with Crippen molar-refractivity contribution in [1.82, 2.24) is 9.29 Å². The van der Waals surface area contributed by atoms with Crippen molar-refractivity contribution in [3.63, 3.8) is 0 Å². The number of nitrogens with zero attached hydrogens (tertiary/aromatic N) is 3. The highest BCUT2D eigenvalue weighted by atomic mass is 32.2. The number of benzene rings is 2. The van der Waals surface area contributed by atoms with Crippen LogP contribution in [0.1, 0.15) is 10.9 Å². The Morgan fingerprint density at radius 3 is 2.44 bits per heavy atom. The summed E-state index contributed by atoms with van der Waals surface area (Å²) in [4.78, 5) is 17.0. The summed E-state index contributed by atoms with van der Waals surface area (Å²) >= 11 is 1.30. The van der Waals surface area contributed by atoms with Gasteiger partial charge in [-0.2, -0.15) is 5.26 Å². The molecular weight excluding hydrogens is 384 g/mol. The molecule has 1 heterocycles. The quantitative estimate of drug-likeness (QED) is 0.709. The molecule has 1 atom stereocenters. The maximum atomic E-state index is 12.5. The Balaban J connectivity index is 1.80. The Hall–Kier alpha value is -2.80. The number of anilines is 1. The van der Waals surface area contributed by atoms with Crippen molar-refractivity contribution < 1.29 is 13.2 Å². The summed E-state index contributed by atoms with van der Waals surface area (Å²) in [6.45, 7) is 0. The first-order valence-corrected chi connectivity index (χ1v) is 10.2. The molecule has 7 nitrogen and oxygen atoms in total. The molecule has 9 heteroatoms. The number of para-hydroxylation sites is 1. The van der Waals surface area contributed by atoms with Crippen molar-refractivity contribution in [2.75, 3.05) is 19.4 Å². The lowest BCUT2D eigenvalue weighted by Gasteiger charge is -2.12. The van der Waals surface area contributed by atoms with Crippen LogP contribution < -0.4 is 5.32 Å². The number of thiazole rings is 1. The molecule has 27 heavy (non-hydrogen) atoms. The van der Waals surface area contributed by atoms with E-state index in [9.17, 15) is 18.5 Å². The molecule has 3 aromatic rings. The third-order valence-electron chi connectivity index (χ3n) is 3.85. The molecule has 0 aliphatic rings. The average Bonchev–Trinajstić information content (AvgIpc) is 3.06. The molecule has 0 saturated heterocycles. The molecule has 0 fully saturated rings. The first kappa shape index (κ1) is 19.0. The maximum absolute atomic E-state index is 12.5. The highest BCUT2D eigenvalue weighted by Crippen LogP contribution is 2.28. The van der Waals surface area contributed by atoms with Crippen LogP contribution >= 0.6 is 11.3 Å². The molecule has 1 amide bonds. The fourth-order valence-corrected chi connectivity index (χ4v) is 4.29. The van der Waals surface area contributed by atoms with Gasteiger partial charge in [-0.1, -0.05) is 12.1 Å². The van der Waals surface area contributed by atoms with Gasteiger partial charge in [-0.3, -0.25) is 4.79 Å². The SMILES string of the molecule is CN(C)S(=O)(=O)c1ccc(NC(=O)[C@@H](C#N)c2nc3ccccc3s2)cc1. The van der Waals surface area contributed by atoms with Crippen LogP contribution in [0.4, 0.5) is 5.69 Å². The van der Waals surface area contributed by atoms with Crippen molar-refractivity contribution in [3.05, 3.63) is 53.5 Å². The fraction of sp³-hybridized carbons (Fsp3) is 0.167. The van der Waals surface area contributed by atoms with Crippen LogP contribution in [0.2, 0.25) is 0 Å². The van der Waals surface area contributed by atoms with Gasteiger partial charge in [0.15, 0.2) is 5.92 Å². The van der Waals surface area contributed by atoms with Crippen LogP contribution in [0.5, 0.6) is 0 Å². The van der Waals surface area contributed by atoms with Gasteiger partial charge in [0.2, 0.25) is 15.9 Å². The Morgan fingerprint density at radius 2 is 1.85 bits per heavy atom. The van der Waals surface area contributed by atoms with Gasteiger partial charge >= 0.3 is 0 Å². The van der Waals surface area contributed by atoms with Crippen molar-refractivity contribution >= 4 is 43.2 Å². The normalized spacial score (nSPS) is 12.7. The van der Waals surface area contributed by atoms with Gasteiger partial charge in [0.25, 0.3) is 0 Å². The van der Waals surface area contributed by atoms with Crippen LogP contribution in [0.15, 0.2) is 53.4 Å². The number of hydrogen-bond donors (Lipinski definition) is 1. The van der Waals surface area contributed by atoms with E-state index in [-0.39, 0.29) is 4.90 Å². The summed E-state index contributed by atoms with van der Waals surface area (Å²) in [5.41, 5.74) is 1.14. The number of aromatic nitrogens is 1. The first-order chi connectivity index (χ1) is 12.8. The summed E-state index contributed by atoms with van der Waals surface area (Å²) < 4.78 is 26.2. The maximum Gasteiger partial charge on any atom is 0.248 e. The molecular formula is C18H16N4O3S2. The molecule has 1 N–H and O–H groups in total. The molecule has 0 saturated carbocycles. The third-order valence-corrected chi connectivity index (χ3v) is 6.78. The summed E-state index contributed by atoms with van der Waals surface area (Å²) in [7, 11) is -0.651. The molecule has 0 bridgehead atoms. The van der Waals surface area contributed by atoms with Crippen LogP contribution in [-0.2, 0) is 14.8 Å². The van der Waals surface area contributed by atoms with Gasteiger partial charge in [-0.25, -0.2) is 17.7 Å². The number of nitriles is 1. The summed E-state index contributed by atoms with van der Waals surface area (Å²) in [6, 6.07) is 15.2. The first-order valence-electron chi connectivity index (χ1n) is 7.91. The van der Waals surface area contributed by atoms with Gasteiger partial charge < -0.3 is 5.32 Å². The second kappa shape index (κ2) is 7.44. The van der Waals surface area contributed by atoms with Crippen LogP contribution in [0, 0.1) is 11.3 Å². The number of hydrogen-bond acceptors (Lipinski definition) is 6. The van der Waals surface area contributed by atoms with E-state index < -0.39 is 21.8 Å². The Kier molecular flexibility index (Phi) is 5.23. The van der Waals surface area contributed by atoms with Gasteiger partial charge in [0.05, 0.1) is 21.2 Å². The van der Waals surface area contributed by atoms with Gasteiger partial charge in [0, 0.05) is 19.8 Å². The van der Waals surface area contributed by atoms with Crippen molar-refractivity contribution in [1.29, 1.82) is 5.26 Å². The number of nitrogens with one attached hydrogen (secondary N) is 1. The van der Waals surface area contributed by atoms with E-state index in [1.54, 1.807) is 0 Å². The minimum absolute atomic E-state index is 0.119. The zero-order valence-corrected chi connectivity index (χ0v) is 16.2. The van der Waals surface area contributed by atoms with Gasteiger partial charge in [-0.15, -0.1) is 11.3 Å². The van der Waals surface area contributed by atoms with Crippen LogP contribution in [0.3, 0.4) is 0 Å². The standard InChI is InChI=1S/C18H16N4O3S2/c1-22(2)27(24,25)13-9-7-12(8-10-13)20-17(23)14(11-19)18-21-15-5-3-4-6-16(15)26-18/h3-10,14H,1-2H3,(H,20,23)/t14-/m1/s1. The van der Waals surface area contributed by atoms with E-state index in [4.69, 9.17) is 0 Å². The van der Waals surface area contributed by atoms with Crippen LogP contribution in [-0.4, -0.2) is 37.7 Å². The number of fused-ring (bicyclic) bond motifs is 1.